The van der Waals surface area contributed by atoms with Gasteiger partial charge < -0.3 is 15.0 Å². The van der Waals surface area contributed by atoms with Crippen LogP contribution in [0.4, 0.5) is 35.2 Å². The average molecular weight is 464 g/mol. The van der Waals surface area contributed by atoms with Crippen molar-refractivity contribution in [3.05, 3.63) is 48.2 Å². The summed E-state index contributed by atoms with van der Waals surface area (Å²) < 4.78 is 45.2. The number of alkyl halides is 3. The number of piperidine rings is 1. The Morgan fingerprint density at radius 2 is 1.91 bits per heavy atom. The zero-order valence-corrected chi connectivity index (χ0v) is 18.5. The molecule has 1 fully saturated rings. The third kappa shape index (κ3) is 6.84. The second-order valence-corrected chi connectivity index (χ2v) is 8.34. The number of benzene rings is 1. The van der Waals surface area contributed by atoms with Gasteiger partial charge in [-0.2, -0.15) is 13.2 Å². The smallest absolute Gasteiger partial charge is 0.419 e. The van der Waals surface area contributed by atoms with Crippen LogP contribution in [-0.4, -0.2) is 36.7 Å². The van der Waals surface area contributed by atoms with Gasteiger partial charge in [0, 0.05) is 30.7 Å². The Morgan fingerprint density at radius 1 is 1.18 bits per heavy atom. The number of nitrogens with zero attached hydrogens (tertiary/aromatic N) is 2. The first-order valence-electron chi connectivity index (χ1n) is 10.8. The van der Waals surface area contributed by atoms with E-state index in [1.165, 1.54) is 17.2 Å². The number of rotatable bonds is 6. The van der Waals surface area contributed by atoms with E-state index in [1.807, 2.05) is 13.8 Å². The van der Waals surface area contributed by atoms with Crippen LogP contribution in [0.1, 0.15) is 32.3 Å². The van der Waals surface area contributed by atoms with Crippen molar-refractivity contribution < 1.29 is 27.5 Å². The van der Waals surface area contributed by atoms with Gasteiger partial charge in [0.25, 0.3) is 0 Å². The molecule has 2 amide bonds. The Morgan fingerprint density at radius 3 is 2.61 bits per heavy atom. The predicted molar refractivity (Wildman–Crippen MR) is 119 cm³/mol. The molecule has 2 heterocycles. The van der Waals surface area contributed by atoms with Gasteiger partial charge >= 0.3 is 12.3 Å². The van der Waals surface area contributed by atoms with Crippen LogP contribution in [0, 0.1) is 11.8 Å². The normalized spacial score (nSPS) is 16.4. The van der Waals surface area contributed by atoms with E-state index < -0.39 is 23.8 Å². The van der Waals surface area contributed by atoms with Gasteiger partial charge in [0.2, 0.25) is 5.91 Å². The van der Waals surface area contributed by atoms with E-state index in [2.05, 4.69) is 15.6 Å². The van der Waals surface area contributed by atoms with E-state index in [0.717, 1.165) is 6.07 Å². The van der Waals surface area contributed by atoms with Gasteiger partial charge in [-0.3, -0.25) is 10.1 Å². The molecule has 2 aromatic rings. The van der Waals surface area contributed by atoms with E-state index in [1.54, 1.807) is 24.3 Å². The van der Waals surface area contributed by atoms with Crippen molar-refractivity contribution in [3.8, 4) is 0 Å². The number of aromatic nitrogens is 1. The Balaban J connectivity index is 1.64. The number of amides is 2. The van der Waals surface area contributed by atoms with Crippen LogP contribution >= 0.6 is 0 Å². The van der Waals surface area contributed by atoms with Crippen molar-refractivity contribution in [1.29, 1.82) is 0 Å². The highest BCUT2D eigenvalue weighted by atomic mass is 19.4. The number of ether oxygens (including phenoxy) is 1. The molecule has 0 radical (unpaired) electrons. The lowest BCUT2D eigenvalue weighted by molar-refractivity contribution is -0.137. The molecule has 1 unspecified atom stereocenters. The summed E-state index contributed by atoms with van der Waals surface area (Å²) in [6.45, 7) is 4.65. The topological polar surface area (TPSA) is 83.6 Å². The lowest BCUT2D eigenvalue weighted by Gasteiger charge is -2.34. The highest BCUT2D eigenvalue weighted by molar-refractivity contribution is 5.94. The molecular weight excluding hydrogens is 437 g/mol. The molecule has 7 nitrogen and oxygen atoms in total. The summed E-state index contributed by atoms with van der Waals surface area (Å²) in [6.07, 6.45) is -2.68. The summed E-state index contributed by atoms with van der Waals surface area (Å²) in [4.78, 5) is 30.1. The van der Waals surface area contributed by atoms with Gasteiger partial charge in [0.1, 0.15) is 5.82 Å². The number of carbonyl (C=O) groups is 2. The number of halogens is 3. The maximum Gasteiger partial charge on any atom is 0.419 e. The number of hydrogen-bond donors (Lipinski definition) is 2. The second kappa shape index (κ2) is 10.5. The first kappa shape index (κ1) is 24.3. The molecule has 2 N–H and O–H groups in total. The third-order valence-corrected chi connectivity index (χ3v) is 5.11. The van der Waals surface area contributed by atoms with E-state index in [-0.39, 0.29) is 30.8 Å². The van der Waals surface area contributed by atoms with Gasteiger partial charge in [-0.15, -0.1) is 0 Å². The van der Waals surface area contributed by atoms with E-state index in [0.29, 0.717) is 30.8 Å². The highest BCUT2D eigenvalue weighted by Crippen LogP contribution is 2.36. The van der Waals surface area contributed by atoms with Crippen LogP contribution in [0.15, 0.2) is 42.6 Å². The highest BCUT2D eigenvalue weighted by Gasteiger charge is 2.37. The van der Waals surface area contributed by atoms with Crippen LogP contribution in [0.3, 0.4) is 0 Å². The number of carbonyl (C=O) groups excluding carboxylic acids is 2. The van der Waals surface area contributed by atoms with Crippen molar-refractivity contribution in [3.63, 3.8) is 0 Å². The molecule has 0 spiro atoms. The Kier molecular flexibility index (Phi) is 7.78. The van der Waals surface area contributed by atoms with Crippen LogP contribution in [0.2, 0.25) is 0 Å². The van der Waals surface area contributed by atoms with Crippen molar-refractivity contribution in [1.82, 2.24) is 4.98 Å². The molecule has 1 aromatic carbocycles. The number of hydrogen-bond acceptors (Lipinski definition) is 5. The summed E-state index contributed by atoms with van der Waals surface area (Å²) in [5.41, 5.74) is 0.108. The Hall–Kier alpha value is -3.30. The largest absolute Gasteiger partial charge is 0.449 e. The molecule has 0 bridgehead atoms. The minimum atomic E-state index is -4.53. The lowest BCUT2D eigenvalue weighted by Crippen LogP contribution is -2.42. The molecule has 1 saturated heterocycles. The Bertz CT molecular complexity index is 981. The summed E-state index contributed by atoms with van der Waals surface area (Å²) in [5, 5.41) is 5.40. The maximum atomic E-state index is 13.4. The molecule has 1 aliphatic heterocycles. The standard InChI is InChI=1S/C23H27F3N4O3/c1-15(2)14-33-22(32)29-18-8-3-7-17(12-18)28-21(31)16-6-5-11-30(13-16)20-19(23(24,25)26)9-4-10-27-20/h3-4,7-10,12,15-16H,5-6,11,13-14H2,1-2H3,(H,28,31)(H,29,32). The number of pyridine rings is 1. The lowest BCUT2D eigenvalue weighted by atomic mass is 9.96. The van der Waals surface area contributed by atoms with Gasteiger partial charge in [-0.05, 0) is 49.1 Å². The Labute approximate surface area is 190 Å². The molecule has 1 atom stereocenters. The fourth-order valence-electron chi connectivity index (χ4n) is 3.57. The average Bonchev–Trinajstić information content (AvgIpc) is 2.77. The van der Waals surface area contributed by atoms with Crippen LogP contribution < -0.4 is 15.5 Å². The van der Waals surface area contributed by atoms with Crippen molar-refractivity contribution in [2.75, 3.05) is 35.2 Å². The zero-order valence-electron chi connectivity index (χ0n) is 18.5. The number of anilines is 3. The minimum Gasteiger partial charge on any atom is -0.449 e. The summed E-state index contributed by atoms with van der Waals surface area (Å²) in [7, 11) is 0. The minimum absolute atomic E-state index is 0.130. The van der Waals surface area contributed by atoms with Crippen LogP contribution in [0.5, 0.6) is 0 Å². The summed E-state index contributed by atoms with van der Waals surface area (Å²) >= 11 is 0. The third-order valence-electron chi connectivity index (χ3n) is 5.11. The molecule has 178 valence electrons. The molecule has 1 aliphatic rings. The van der Waals surface area contributed by atoms with Gasteiger partial charge in [0.15, 0.2) is 0 Å². The monoisotopic (exact) mass is 464 g/mol. The fourth-order valence-corrected chi connectivity index (χ4v) is 3.57. The molecule has 33 heavy (non-hydrogen) atoms. The molecular formula is C23H27F3N4O3. The van der Waals surface area contributed by atoms with Gasteiger partial charge in [0.05, 0.1) is 18.1 Å². The first-order valence-corrected chi connectivity index (χ1v) is 10.8. The summed E-state index contributed by atoms with van der Waals surface area (Å²) in [6, 6.07) is 8.84. The van der Waals surface area contributed by atoms with Crippen molar-refractivity contribution in [2.24, 2.45) is 11.8 Å². The quantitative estimate of drug-likeness (QED) is 0.617. The first-order chi connectivity index (χ1) is 15.6. The van der Waals surface area contributed by atoms with Crippen molar-refractivity contribution >= 4 is 29.2 Å². The summed E-state index contributed by atoms with van der Waals surface area (Å²) in [5.74, 6) is -0.762. The SMILES string of the molecule is CC(C)COC(=O)Nc1cccc(NC(=O)C2CCCN(c3ncccc3C(F)(F)F)C2)c1. The molecule has 10 heteroatoms. The van der Waals surface area contributed by atoms with E-state index in [4.69, 9.17) is 4.74 Å². The molecule has 1 aromatic heterocycles. The molecule has 0 aliphatic carbocycles. The van der Waals surface area contributed by atoms with E-state index >= 15 is 0 Å². The predicted octanol–water partition coefficient (Wildman–Crippen LogP) is 5.16. The maximum absolute atomic E-state index is 13.4. The second-order valence-electron chi connectivity index (χ2n) is 8.34. The number of nitrogens with one attached hydrogen (secondary N) is 2. The van der Waals surface area contributed by atoms with Gasteiger partial charge in [-0.1, -0.05) is 19.9 Å². The van der Waals surface area contributed by atoms with Gasteiger partial charge in [-0.25, -0.2) is 9.78 Å². The fraction of sp³-hybridized carbons (Fsp3) is 0.435. The zero-order chi connectivity index (χ0) is 24.0. The van der Waals surface area contributed by atoms with Crippen molar-refractivity contribution in [2.45, 2.75) is 32.9 Å². The molecule has 3 rings (SSSR count). The van der Waals surface area contributed by atoms with Crippen LogP contribution in [-0.2, 0) is 15.7 Å². The molecule has 0 saturated carbocycles. The van der Waals surface area contributed by atoms with E-state index in [9.17, 15) is 22.8 Å². The van der Waals surface area contributed by atoms with Crippen LogP contribution in [0.25, 0.3) is 0 Å².